The molecule has 0 aromatic carbocycles. The van der Waals surface area contributed by atoms with Crippen molar-refractivity contribution < 1.29 is 19.4 Å². The lowest BCUT2D eigenvalue weighted by Crippen LogP contribution is -2.56. The minimum Gasteiger partial charge on any atom is -0.461 e. The molecule has 4 aliphatic carbocycles. The molecule has 0 radical (unpaired) electrons. The van der Waals surface area contributed by atoms with Gasteiger partial charge in [-0.05, 0) is 85.9 Å². The average Bonchev–Trinajstić information content (AvgIpc) is 3.40. The van der Waals surface area contributed by atoms with E-state index >= 15 is 0 Å². The molecule has 0 aromatic heterocycles. The van der Waals surface area contributed by atoms with Gasteiger partial charge in [-0.1, -0.05) is 124 Å². The fourth-order valence-corrected chi connectivity index (χ4v) is 11.2. The Labute approximate surface area is 295 Å². The van der Waals surface area contributed by atoms with E-state index in [0.717, 1.165) is 42.9 Å². The van der Waals surface area contributed by atoms with E-state index in [1.54, 1.807) is 4.90 Å². The van der Waals surface area contributed by atoms with E-state index in [0.29, 0.717) is 43.1 Å². The summed E-state index contributed by atoms with van der Waals surface area (Å²) in [6.07, 6.45) is 25.2. The number of esters is 1. The summed E-state index contributed by atoms with van der Waals surface area (Å²) in [6.45, 7) is 14.9. The van der Waals surface area contributed by atoms with Crippen molar-refractivity contribution in [2.24, 2.45) is 46.3 Å². The number of rotatable bonds is 19. The van der Waals surface area contributed by atoms with Crippen LogP contribution in [0.4, 0.5) is 0 Å². The summed E-state index contributed by atoms with van der Waals surface area (Å²) in [5.74, 6) is 4.15. The molecule has 276 valence electrons. The van der Waals surface area contributed by atoms with Gasteiger partial charge in [-0.15, -0.1) is 0 Å². The molecule has 0 saturated heterocycles. The van der Waals surface area contributed by atoms with Crippen LogP contribution in [0.1, 0.15) is 176 Å². The van der Waals surface area contributed by atoms with Gasteiger partial charge in [0, 0.05) is 31.8 Å². The van der Waals surface area contributed by atoms with Crippen LogP contribution in [-0.4, -0.2) is 47.7 Å². The molecule has 0 spiro atoms. The van der Waals surface area contributed by atoms with Crippen molar-refractivity contribution in [3.8, 4) is 0 Å². The summed E-state index contributed by atoms with van der Waals surface area (Å²) >= 11 is 0. The van der Waals surface area contributed by atoms with E-state index in [1.807, 2.05) is 7.05 Å². The zero-order chi connectivity index (χ0) is 34.9. The van der Waals surface area contributed by atoms with Gasteiger partial charge in [0.25, 0.3) is 0 Å². The molecular formula is C43H75NO4. The number of amides is 1. The molecule has 0 heterocycles. The minimum atomic E-state index is -0.462. The Bertz CT molecular complexity index is 1050. The molecule has 1 unspecified atom stereocenters. The molecule has 48 heavy (non-hydrogen) atoms. The van der Waals surface area contributed by atoms with Gasteiger partial charge in [-0.25, -0.2) is 0 Å². The molecule has 0 aromatic rings. The monoisotopic (exact) mass is 670 g/mol. The van der Waals surface area contributed by atoms with Gasteiger partial charge in [0.15, 0.2) is 0 Å². The van der Waals surface area contributed by atoms with Crippen LogP contribution in [0.3, 0.4) is 0 Å². The highest BCUT2D eigenvalue weighted by atomic mass is 16.5. The molecule has 3 fully saturated rings. The lowest BCUT2D eigenvalue weighted by molar-refractivity contribution is -0.169. The van der Waals surface area contributed by atoms with Crippen LogP contribution in [0, 0.1) is 46.3 Å². The Morgan fingerprint density at radius 3 is 2.29 bits per heavy atom. The Morgan fingerprint density at radius 2 is 1.60 bits per heavy atom. The van der Waals surface area contributed by atoms with E-state index in [4.69, 9.17) is 4.74 Å². The predicted octanol–water partition coefficient (Wildman–Crippen LogP) is 10.7. The third-order valence-electron chi connectivity index (χ3n) is 14.2. The summed E-state index contributed by atoms with van der Waals surface area (Å²) in [7, 11) is 1.82. The Morgan fingerprint density at radius 1 is 0.917 bits per heavy atom. The highest BCUT2D eigenvalue weighted by molar-refractivity contribution is 5.77. The number of ether oxygens (including phenoxy) is 1. The summed E-state index contributed by atoms with van der Waals surface area (Å²) in [5, 5.41) is 10.9. The summed E-state index contributed by atoms with van der Waals surface area (Å²) in [6, 6.07) is 0. The highest BCUT2D eigenvalue weighted by Crippen LogP contribution is 2.67. The quantitative estimate of drug-likeness (QED) is 0.0844. The van der Waals surface area contributed by atoms with Crippen LogP contribution in [0.15, 0.2) is 11.6 Å². The number of carbonyl (C=O) groups excluding carboxylic acids is 2. The zero-order valence-electron chi connectivity index (χ0n) is 32.4. The SMILES string of the molecule is CCCCCCCCCCCC(=O)N(C)CCC(=O)OC1C[C@H](O)CC2=CC[C@H]3[C@@H]4CC[C@H]([C@H](C)CCCC(C)C)[C@@]4(C)CC[C@@H]3[C@]21C. The number of fused-ring (bicyclic) bond motifs is 5. The maximum Gasteiger partial charge on any atom is 0.307 e. The smallest absolute Gasteiger partial charge is 0.307 e. The van der Waals surface area contributed by atoms with Crippen molar-refractivity contribution in [3.05, 3.63) is 11.6 Å². The first-order valence-electron chi connectivity index (χ1n) is 20.7. The van der Waals surface area contributed by atoms with Crippen LogP contribution in [-0.2, 0) is 14.3 Å². The lowest BCUT2D eigenvalue weighted by Gasteiger charge is -2.60. The number of allylic oxidation sites excluding steroid dienone is 1. The van der Waals surface area contributed by atoms with E-state index in [2.05, 4.69) is 47.6 Å². The molecule has 0 aliphatic heterocycles. The van der Waals surface area contributed by atoms with Crippen molar-refractivity contribution in [2.45, 2.75) is 189 Å². The molecule has 1 amide bonds. The minimum absolute atomic E-state index is 0.125. The van der Waals surface area contributed by atoms with Gasteiger partial charge in [0.05, 0.1) is 12.5 Å². The van der Waals surface area contributed by atoms with Crippen molar-refractivity contribution >= 4 is 11.9 Å². The maximum atomic E-state index is 13.4. The molecule has 3 saturated carbocycles. The molecule has 1 N–H and O–H groups in total. The van der Waals surface area contributed by atoms with Crippen molar-refractivity contribution in [1.29, 1.82) is 0 Å². The number of aliphatic hydroxyl groups is 1. The maximum absolute atomic E-state index is 13.4. The normalized spacial score (nSPS) is 33.4. The Balaban J connectivity index is 1.29. The number of hydrogen-bond donors (Lipinski definition) is 1. The number of nitrogens with zero attached hydrogens (tertiary/aromatic N) is 1. The van der Waals surface area contributed by atoms with Crippen LogP contribution >= 0.6 is 0 Å². The third kappa shape index (κ3) is 9.49. The first-order valence-corrected chi connectivity index (χ1v) is 20.7. The second kappa shape index (κ2) is 18.2. The molecule has 0 bridgehead atoms. The summed E-state index contributed by atoms with van der Waals surface area (Å²) < 4.78 is 6.36. The third-order valence-corrected chi connectivity index (χ3v) is 14.2. The van der Waals surface area contributed by atoms with Crippen molar-refractivity contribution in [2.75, 3.05) is 13.6 Å². The van der Waals surface area contributed by atoms with Crippen LogP contribution in [0.25, 0.3) is 0 Å². The van der Waals surface area contributed by atoms with E-state index in [1.165, 1.54) is 95.5 Å². The van der Waals surface area contributed by atoms with E-state index < -0.39 is 6.10 Å². The van der Waals surface area contributed by atoms with Gasteiger partial charge in [0.2, 0.25) is 5.91 Å². The number of unbranched alkanes of at least 4 members (excludes halogenated alkanes) is 8. The molecular weight excluding hydrogens is 594 g/mol. The second-order valence-electron chi connectivity index (χ2n) is 17.9. The summed E-state index contributed by atoms with van der Waals surface area (Å²) in [4.78, 5) is 27.9. The predicted molar refractivity (Wildman–Crippen MR) is 198 cm³/mol. The van der Waals surface area contributed by atoms with Crippen molar-refractivity contribution in [3.63, 3.8) is 0 Å². The lowest BCUT2D eigenvalue weighted by atomic mass is 9.46. The fourth-order valence-electron chi connectivity index (χ4n) is 11.2. The summed E-state index contributed by atoms with van der Waals surface area (Å²) in [5.41, 5.74) is 1.53. The fraction of sp³-hybridized carbons (Fsp3) is 0.907. The van der Waals surface area contributed by atoms with Crippen molar-refractivity contribution in [1.82, 2.24) is 4.90 Å². The van der Waals surface area contributed by atoms with Crippen LogP contribution in [0.5, 0.6) is 0 Å². The number of hydrogen-bond acceptors (Lipinski definition) is 4. The van der Waals surface area contributed by atoms with Gasteiger partial charge >= 0.3 is 5.97 Å². The molecule has 5 heteroatoms. The molecule has 4 aliphatic rings. The van der Waals surface area contributed by atoms with Crippen LogP contribution < -0.4 is 0 Å². The number of carbonyl (C=O) groups is 2. The van der Waals surface area contributed by atoms with Gasteiger partial charge in [-0.3, -0.25) is 9.59 Å². The average molecular weight is 670 g/mol. The zero-order valence-corrected chi connectivity index (χ0v) is 32.4. The number of aliphatic hydroxyl groups excluding tert-OH is 1. The molecule has 5 nitrogen and oxygen atoms in total. The molecule has 4 rings (SSSR count). The van der Waals surface area contributed by atoms with Gasteiger partial charge < -0.3 is 14.7 Å². The van der Waals surface area contributed by atoms with Gasteiger partial charge in [-0.2, -0.15) is 0 Å². The first kappa shape index (κ1) is 39.4. The van der Waals surface area contributed by atoms with Crippen LogP contribution in [0.2, 0.25) is 0 Å². The Hall–Kier alpha value is -1.36. The first-order chi connectivity index (χ1) is 22.9. The standard InChI is InChI=1S/C43H75NO4/c1-8-9-10-11-12-13-14-15-16-20-40(46)44(7)28-26-41(47)48-39-30-34(45)29-33-21-22-35-37-24-23-36(32(4)19-17-18-31(2)3)42(37,5)27-25-38(35)43(33,39)6/h21,31-32,34-39,45H,8-20,22-30H2,1-7H3/t32-,34-,35+,36-,37+,38+,39?,42-,43+/m1/s1. The highest BCUT2D eigenvalue weighted by Gasteiger charge is 2.61. The largest absolute Gasteiger partial charge is 0.461 e. The van der Waals surface area contributed by atoms with E-state index in [9.17, 15) is 14.7 Å². The second-order valence-corrected chi connectivity index (χ2v) is 17.9. The van der Waals surface area contributed by atoms with E-state index in [-0.39, 0.29) is 29.8 Å². The molecule has 9 atom stereocenters. The topological polar surface area (TPSA) is 66.8 Å². The van der Waals surface area contributed by atoms with Gasteiger partial charge in [0.1, 0.15) is 6.10 Å². The Kier molecular flexibility index (Phi) is 15.0.